The minimum atomic E-state index is -0.952. The number of methoxy groups -OCH3 is 1. The van der Waals surface area contributed by atoms with Crippen LogP contribution in [0.1, 0.15) is 55.3 Å². The molecule has 0 heterocycles. The van der Waals surface area contributed by atoms with Crippen LogP contribution in [0, 0.1) is 5.92 Å². The highest BCUT2D eigenvalue weighted by molar-refractivity contribution is 6.04. The van der Waals surface area contributed by atoms with Crippen LogP contribution in [0.3, 0.4) is 0 Å². The molecule has 1 aliphatic rings. The molecule has 0 saturated heterocycles. The smallest absolute Gasteiger partial charge is 0.333 e. The number of benzene rings is 4. The number of ketones is 1. The van der Waals surface area contributed by atoms with Gasteiger partial charge in [-0.15, -0.1) is 0 Å². The van der Waals surface area contributed by atoms with Crippen molar-refractivity contribution < 1.29 is 19.1 Å². The van der Waals surface area contributed by atoms with Crippen molar-refractivity contribution in [2.75, 3.05) is 7.11 Å². The number of esters is 1. The van der Waals surface area contributed by atoms with Gasteiger partial charge in [0.25, 0.3) is 5.91 Å². The lowest BCUT2D eigenvalue weighted by molar-refractivity contribution is -0.143. The van der Waals surface area contributed by atoms with Crippen LogP contribution < -0.4 is 5.32 Å². The second-order valence-electron chi connectivity index (χ2n) is 9.18. The topological polar surface area (TPSA) is 72.5 Å². The van der Waals surface area contributed by atoms with Crippen molar-refractivity contribution in [3.8, 4) is 0 Å². The lowest BCUT2D eigenvalue weighted by Crippen LogP contribution is -2.34. The van der Waals surface area contributed by atoms with Crippen LogP contribution in [-0.4, -0.2) is 24.8 Å². The summed E-state index contributed by atoms with van der Waals surface area (Å²) in [7, 11) is 1.28. The molecule has 5 rings (SSSR count). The van der Waals surface area contributed by atoms with E-state index in [9.17, 15) is 14.4 Å². The van der Waals surface area contributed by atoms with Crippen LogP contribution in [0.25, 0.3) is 0 Å². The van der Waals surface area contributed by atoms with Gasteiger partial charge in [-0.1, -0.05) is 103 Å². The molecule has 1 amide bonds. The third-order valence-corrected chi connectivity index (χ3v) is 6.95. The molecule has 1 saturated carbocycles. The molecule has 0 bridgehead atoms. The highest BCUT2D eigenvalue weighted by atomic mass is 16.5. The van der Waals surface area contributed by atoms with Crippen molar-refractivity contribution in [3.05, 3.63) is 143 Å². The average Bonchev–Trinajstić information content (AvgIpc) is 3.72. The quantitative estimate of drug-likeness (QED) is 0.254. The number of nitrogens with one attached hydrogen (secondary N) is 1. The molecule has 0 spiro atoms. The summed E-state index contributed by atoms with van der Waals surface area (Å²) in [5.74, 6) is -1.07. The number of Topliss-reactive ketones (excluding diaryl/α,β-unsaturated/α-hetero) is 1. The van der Waals surface area contributed by atoms with Gasteiger partial charge in [-0.3, -0.25) is 9.59 Å². The van der Waals surface area contributed by atoms with Gasteiger partial charge in [-0.25, -0.2) is 4.79 Å². The summed E-state index contributed by atoms with van der Waals surface area (Å²) >= 11 is 0. The van der Waals surface area contributed by atoms with Crippen molar-refractivity contribution in [2.45, 2.75) is 17.9 Å². The number of rotatable bonds is 8. The van der Waals surface area contributed by atoms with Crippen LogP contribution in [0.15, 0.2) is 115 Å². The van der Waals surface area contributed by atoms with Gasteiger partial charge in [0, 0.05) is 28.9 Å². The summed E-state index contributed by atoms with van der Waals surface area (Å²) in [6.45, 7) is 0. The van der Waals surface area contributed by atoms with E-state index < -0.39 is 17.9 Å². The predicted molar refractivity (Wildman–Crippen MR) is 141 cm³/mol. The first-order chi connectivity index (χ1) is 18.1. The molecule has 5 heteroatoms. The van der Waals surface area contributed by atoms with E-state index in [0.29, 0.717) is 16.7 Å². The van der Waals surface area contributed by atoms with E-state index >= 15 is 0 Å². The molecule has 1 N–H and O–H groups in total. The Kier molecular flexibility index (Phi) is 6.95. The summed E-state index contributed by atoms with van der Waals surface area (Å²) < 4.78 is 4.91. The average molecular weight is 490 g/mol. The van der Waals surface area contributed by atoms with Crippen molar-refractivity contribution in [3.63, 3.8) is 0 Å². The predicted octanol–water partition coefficient (Wildman–Crippen LogP) is 5.71. The fraction of sp³-hybridized carbons (Fsp3) is 0.156. The van der Waals surface area contributed by atoms with Crippen LogP contribution in [-0.2, 0) is 9.53 Å². The minimum Gasteiger partial charge on any atom is -0.467 e. The number of amides is 1. The first kappa shape index (κ1) is 24.2. The van der Waals surface area contributed by atoms with Crippen LogP contribution in [0.4, 0.5) is 0 Å². The Labute approximate surface area is 216 Å². The van der Waals surface area contributed by atoms with Gasteiger partial charge < -0.3 is 10.1 Å². The van der Waals surface area contributed by atoms with Crippen LogP contribution in [0.5, 0.6) is 0 Å². The van der Waals surface area contributed by atoms with Crippen molar-refractivity contribution >= 4 is 17.7 Å². The van der Waals surface area contributed by atoms with Gasteiger partial charge in [0.1, 0.15) is 0 Å². The molecule has 1 aliphatic carbocycles. The summed E-state index contributed by atoms with van der Waals surface area (Å²) in [5, 5.41) is 2.76. The molecule has 184 valence electrons. The highest BCUT2D eigenvalue weighted by Gasteiger charge is 2.55. The van der Waals surface area contributed by atoms with E-state index in [1.54, 1.807) is 48.5 Å². The molecular weight excluding hydrogens is 462 g/mol. The maximum atomic E-state index is 13.7. The largest absolute Gasteiger partial charge is 0.467 e. The Bertz CT molecular complexity index is 1360. The molecule has 0 aliphatic heterocycles. The second kappa shape index (κ2) is 10.6. The van der Waals surface area contributed by atoms with E-state index in [1.165, 1.54) is 7.11 Å². The number of ether oxygens (including phenoxy) is 1. The molecule has 37 heavy (non-hydrogen) atoms. The zero-order chi connectivity index (χ0) is 25.8. The van der Waals surface area contributed by atoms with E-state index in [4.69, 9.17) is 4.74 Å². The second-order valence-corrected chi connectivity index (χ2v) is 9.18. The van der Waals surface area contributed by atoms with Crippen LogP contribution >= 0.6 is 0 Å². The van der Waals surface area contributed by atoms with Gasteiger partial charge in [0.2, 0.25) is 0 Å². The maximum absolute atomic E-state index is 13.7. The SMILES string of the molecule is COC(=O)[C@@H](NC(=O)c1cccc(C(=O)C2[C@@H](c3ccccc3)[C@H]2c2ccccc2)c1)c1ccccc1. The highest BCUT2D eigenvalue weighted by Crippen LogP contribution is 2.61. The first-order valence-corrected chi connectivity index (χ1v) is 12.3. The summed E-state index contributed by atoms with van der Waals surface area (Å²) in [6, 6.07) is 34.8. The third kappa shape index (κ3) is 5.07. The molecule has 0 aromatic heterocycles. The number of hydrogen-bond donors (Lipinski definition) is 1. The molecule has 4 aromatic carbocycles. The van der Waals surface area contributed by atoms with Gasteiger partial charge in [-0.2, -0.15) is 0 Å². The molecule has 1 fully saturated rings. The number of carbonyl (C=O) groups excluding carboxylic acids is 3. The van der Waals surface area contributed by atoms with Gasteiger partial charge in [0.15, 0.2) is 11.8 Å². The van der Waals surface area contributed by atoms with Crippen molar-refractivity contribution in [1.29, 1.82) is 0 Å². The Hall–Kier alpha value is -4.51. The van der Waals surface area contributed by atoms with Crippen molar-refractivity contribution in [2.24, 2.45) is 5.92 Å². The maximum Gasteiger partial charge on any atom is 0.333 e. The van der Waals surface area contributed by atoms with E-state index in [0.717, 1.165) is 11.1 Å². The van der Waals surface area contributed by atoms with Crippen molar-refractivity contribution in [1.82, 2.24) is 5.32 Å². The van der Waals surface area contributed by atoms with Gasteiger partial charge in [0.05, 0.1) is 7.11 Å². The monoisotopic (exact) mass is 489 g/mol. The molecule has 4 aromatic rings. The van der Waals surface area contributed by atoms with Crippen LogP contribution in [0.2, 0.25) is 0 Å². The van der Waals surface area contributed by atoms with E-state index in [-0.39, 0.29) is 23.5 Å². The Morgan fingerprint density at radius 1 is 0.676 bits per heavy atom. The van der Waals surface area contributed by atoms with E-state index in [1.807, 2.05) is 42.5 Å². The molecular formula is C32H27NO4. The molecule has 4 atom stereocenters. The lowest BCUT2D eigenvalue weighted by atomic mass is 10.00. The van der Waals surface area contributed by atoms with Gasteiger partial charge in [-0.05, 0) is 28.8 Å². The molecule has 0 radical (unpaired) electrons. The Morgan fingerprint density at radius 2 is 1.19 bits per heavy atom. The Balaban J connectivity index is 1.40. The van der Waals surface area contributed by atoms with Gasteiger partial charge >= 0.3 is 5.97 Å². The zero-order valence-electron chi connectivity index (χ0n) is 20.4. The minimum absolute atomic E-state index is 0.00457. The molecule has 1 unspecified atom stereocenters. The first-order valence-electron chi connectivity index (χ1n) is 12.3. The lowest BCUT2D eigenvalue weighted by Gasteiger charge is -2.17. The fourth-order valence-electron chi connectivity index (χ4n) is 5.08. The Morgan fingerprint density at radius 3 is 1.73 bits per heavy atom. The zero-order valence-corrected chi connectivity index (χ0v) is 20.4. The summed E-state index contributed by atoms with van der Waals surface area (Å²) in [5.41, 5.74) is 3.67. The summed E-state index contributed by atoms with van der Waals surface area (Å²) in [6.07, 6.45) is 0. The number of carbonyl (C=O) groups is 3. The van der Waals surface area contributed by atoms with E-state index in [2.05, 4.69) is 29.6 Å². The standard InChI is InChI=1S/C32H27NO4/c1-37-32(36)29(23-16-9-4-10-17-23)33-31(35)25-19-11-18-24(20-25)30(34)28-26(21-12-5-2-6-13-21)27(28)22-14-7-3-8-15-22/h2-20,26-29H,1H3,(H,33,35)/t26-,27+,28?,29-/m0/s1. The third-order valence-electron chi connectivity index (χ3n) is 6.95. The number of hydrogen-bond acceptors (Lipinski definition) is 4. The normalized spacial score (nSPS) is 18.9. The molecule has 5 nitrogen and oxygen atoms in total. The fourth-order valence-corrected chi connectivity index (χ4v) is 5.08. The summed E-state index contributed by atoms with van der Waals surface area (Å²) in [4.78, 5) is 39.3.